The van der Waals surface area contributed by atoms with Crippen LogP contribution in [0.5, 0.6) is 0 Å². The zero-order chi connectivity index (χ0) is 16.1. The van der Waals surface area contributed by atoms with E-state index >= 15 is 0 Å². The molecular weight excluding hydrogens is 391 g/mol. The Kier molecular flexibility index (Phi) is 5.99. The summed E-state index contributed by atoms with van der Waals surface area (Å²) in [5, 5.41) is 2.95. The van der Waals surface area contributed by atoms with Gasteiger partial charge in [-0.1, -0.05) is 30.4 Å². The van der Waals surface area contributed by atoms with Crippen molar-refractivity contribution in [3.8, 4) is 0 Å². The molecule has 0 radical (unpaired) electrons. The highest BCUT2D eigenvalue weighted by molar-refractivity contribution is 14.1. The van der Waals surface area contributed by atoms with E-state index in [-0.39, 0.29) is 17.9 Å². The van der Waals surface area contributed by atoms with Gasteiger partial charge >= 0.3 is 0 Å². The second-order valence-corrected chi connectivity index (χ2v) is 6.81. The van der Waals surface area contributed by atoms with Crippen molar-refractivity contribution in [1.82, 2.24) is 10.2 Å². The fraction of sp³-hybridized carbons (Fsp3) is 0.412. The molecule has 0 aromatic heterocycles. The van der Waals surface area contributed by atoms with Crippen LogP contribution in [-0.2, 0) is 9.59 Å². The number of hydrogen-bond acceptors (Lipinski definition) is 2. The van der Waals surface area contributed by atoms with Crippen molar-refractivity contribution >= 4 is 34.4 Å². The normalized spacial score (nSPS) is 16.5. The maximum absolute atomic E-state index is 12.7. The van der Waals surface area contributed by atoms with E-state index in [4.69, 9.17) is 0 Å². The maximum Gasteiger partial charge on any atom is 0.247 e. The molecule has 0 fully saturated rings. The van der Waals surface area contributed by atoms with Crippen molar-refractivity contribution in [1.29, 1.82) is 0 Å². The molecule has 0 saturated carbocycles. The van der Waals surface area contributed by atoms with Crippen molar-refractivity contribution in [2.75, 3.05) is 6.54 Å². The number of benzene rings is 1. The molecule has 1 heterocycles. The van der Waals surface area contributed by atoms with Gasteiger partial charge in [0, 0.05) is 22.6 Å². The summed E-state index contributed by atoms with van der Waals surface area (Å²) in [5.41, 5.74) is 0.880. The molecule has 4 nitrogen and oxygen atoms in total. The van der Waals surface area contributed by atoms with Gasteiger partial charge in [-0.15, -0.1) is 0 Å². The highest BCUT2D eigenvalue weighted by Gasteiger charge is 2.32. The van der Waals surface area contributed by atoms with Gasteiger partial charge in [-0.3, -0.25) is 9.59 Å². The number of nitrogens with one attached hydrogen (secondary N) is 1. The van der Waals surface area contributed by atoms with Gasteiger partial charge in [0.2, 0.25) is 11.8 Å². The van der Waals surface area contributed by atoms with E-state index in [9.17, 15) is 9.59 Å². The molecule has 118 valence electrons. The molecule has 1 N–H and O–H groups in total. The third kappa shape index (κ3) is 4.09. The van der Waals surface area contributed by atoms with E-state index in [1.54, 1.807) is 4.90 Å². The Labute approximate surface area is 145 Å². The molecule has 1 aliphatic heterocycles. The third-order valence-electron chi connectivity index (χ3n) is 3.50. The van der Waals surface area contributed by atoms with Crippen LogP contribution >= 0.6 is 22.6 Å². The Morgan fingerprint density at radius 2 is 2.00 bits per heavy atom. The van der Waals surface area contributed by atoms with Crippen molar-refractivity contribution in [2.45, 2.75) is 38.8 Å². The first-order chi connectivity index (χ1) is 10.5. The number of allylic oxidation sites excluding steroid dienone is 1. The predicted octanol–water partition coefficient (Wildman–Crippen LogP) is 3.04. The van der Waals surface area contributed by atoms with Gasteiger partial charge in [0.25, 0.3) is 0 Å². The minimum atomic E-state index is -0.578. The molecule has 1 aromatic carbocycles. The average molecular weight is 412 g/mol. The van der Waals surface area contributed by atoms with Crippen LogP contribution in [-0.4, -0.2) is 29.3 Å². The standard InChI is InChI=1S/C17H21IN2O2/c1-12(2)19-17(22)16(13-8-5-6-9-14(13)18)20-11-7-3-4-10-15(20)21/h3,5-9,12,16H,4,10-11H2,1-2H3,(H,19,22). The molecule has 22 heavy (non-hydrogen) atoms. The molecule has 2 amide bonds. The van der Waals surface area contributed by atoms with Crippen LogP contribution in [0, 0.1) is 3.57 Å². The van der Waals surface area contributed by atoms with E-state index in [1.807, 2.05) is 50.3 Å². The van der Waals surface area contributed by atoms with Crippen LogP contribution in [0.1, 0.15) is 38.3 Å². The smallest absolute Gasteiger partial charge is 0.247 e. The van der Waals surface area contributed by atoms with E-state index in [0.29, 0.717) is 13.0 Å². The quantitative estimate of drug-likeness (QED) is 0.611. The minimum absolute atomic E-state index is 0.0218. The van der Waals surface area contributed by atoms with Crippen LogP contribution in [0.3, 0.4) is 0 Å². The van der Waals surface area contributed by atoms with E-state index in [1.165, 1.54) is 0 Å². The first-order valence-corrected chi connectivity index (χ1v) is 8.58. The number of nitrogens with zero attached hydrogens (tertiary/aromatic N) is 1. The predicted molar refractivity (Wildman–Crippen MR) is 95.3 cm³/mol. The maximum atomic E-state index is 12.7. The molecule has 0 bridgehead atoms. The lowest BCUT2D eigenvalue weighted by Crippen LogP contribution is -2.45. The molecule has 1 aliphatic rings. The summed E-state index contributed by atoms with van der Waals surface area (Å²) >= 11 is 2.22. The largest absolute Gasteiger partial charge is 0.352 e. The average Bonchev–Trinajstić information content (AvgIpc) is 2.66. The van der Waals surface area contributed by atoms with E-state index < -0.39 is 6.04 Å². The number of halogens is 1. The Bertz CT molecular complexity index is 584. The SMILES string of the molecule is CC(C)NC(=O)C(c1ccccc1I)N1CC=CCCC1=O. The lowest BCUT2D eigenvalue weighted by Gasteiger charge is -2.31. The Hall–Kier alpha value is -1.37. The number of carbonyl (C=O) groups is 2. The molecule has 5 heteroatoms. The van der Waals surface area contributed by atoms with Crippen molar-refractivity contribution in [3.05, 3.63) is 45.6 Å². The van der Waals surface area contributed by atoms with E-state index in [2.05, 4.69) is 27.9 Å². The van der Waals surface area contributed by atoms with E-state index in [0.717, 1.165) is 15.6 Å². The Balaban J connectivity index is 2.40. The Morgan fingerprint density at radius 1 is 1.27 bits per heavy atom. The highest BCUT2D eigenvalue weighted by atomic mass is 127. The van der Waals surface area contributed by atoms with Gasteiger partial charge in [0.15, 0.2) is 0 Å². The molecule has 1 aromatic rings. The molecule has 1 atom stereocenters. The van der Waals surface area contributed by atoms with Gasteiger partial charge < -0.3 is 10.2 Å². The molecule has 0 spiro atoms. The first kappa shape index (κ1) is 17.0. The second kappa shape index (κ2) is 7.76. The molecular formula is C17H21IN2O2. The van der Waals surface area contributed by atoms with Crippen LogP contribution in [0.15, 0.2) is 36.4 Å². The van der Waals surface area contributed by atoms with Gasteiger partial charge in [-0.25, -0.2) is 0 Å². The van der Waals surface area contributed by atoms with Crippen LogP contribution in [0.25, 0.3) is 0 Å². The van der Waals surface area contributed by atoms with Crippen molar-refractivity contribution in [3.63, 3.8) is 0 Å². The summed E-state index contributed by atoms with van der Waals surface area (Å²) in [7, 11) is 0. The summed E-state index contributed by atoms with van der Waals surface area (Å²) in [6.07, 6.45) is 5.16. The number of rotatable bonds is 4. The monoisotopic (exact) mass is 412 g/mol. The summed E-state index contributed by atoms with van der Waals surface area (Å²) < 4.78 is 0.991. The Morgan fingerprint density at radius 3 is 2.68 bits per heavy atom. The van der Waals surface area contributed by atoms with Gasteiger partial charge in [0.05, 0.1) is 0 Å². The number of carbonyl (C=O) groups excluding carboxylic acids is 2. The minimum Gasteiger partial charge on any atom is -0.352 e. The lowest BCUT2D eigenvalue weighted by molar-refractivity contribution is -0.140. The summed E-state index contributed by atoms with van der Waals surface area (Å²) in [5.74, 6) is -0.101. The topological polar surface area (TPSA) is 49.4 Å². The fourth-order valence-electron chi connectivity index (χ4n) is 2.52. The van der Waals surface area contributed by atoms with Crippen molar-refractivity contribution in [2.24, 2.45) is 0 Å². The second-order valence-electron chi connectivity index (χ2n) is 5.64. The summed E-state index contributed by atoms with van der Waals surface area (Å²) in [6, 6.07) is 7.19. The summed E-state index contributed by atoms with van der Waals surface area (Å²) in [6.45, 7) is 4.32. The first-order valence-electron chi connectivity index (χ1n) is 7.50. The fourth-order valence-corrected chi connectivity index (χ4v) is 3.20. The third-order valence-corrected chi connectivity index (χ3v) is 4.49. The zero-order valence-corrected chi connectivity index (χ0v) is 15.0. The van der Waals surface area contributed by atoms with Crippen molar-refractivity contribution < 1.29 is 9.59 Å². The number of amides is 2. The van der Waals surface area contributed by atoms with Crippen LogP contribution < -0.4 is 5.32 Å². The van der Waals surface area contributed by atoms with Crippen LogP contribution in [0.2, 0.25) is 0 Å². The highest BCUT2D eigenvalue weighted by Crippen LogP contribution is 2.27. The zero-order valence-electron chi connectivity index (χ0n) is 12.9. The van der Waals surface area contributed by atoms with Gasteiger partial charge in [-0.2, -0.15) is 0 Å². The lowest BCUT2D eigenvalue weighted by atomic mass is 10.0. The molecule has 0 saturated heterocycles. The summed E-state index contributed by atoms with van der Waals surface area (Å²) in [4.78, 5) is 26.8. The van der Waals surface area contributed by atoms with Gasteiger partial charge in [0.1, 0.15) is 6.04 Å². The number of hydrogen-bond donors (Lipinski definition) is 1. The molecule has 2 rings (SSSR count). The van der Waals surface area contributed by atoms with Gasteiger partial charge in [-0.05, 0) is 54.5 Å². The molecule has 1 unspecified atom stereocenters. The van der Waals surface area contributed by atoms with Crippen LogP contribution in [0.4, 0.5) is 0 Å². The molecule has 0 aliphatic carbocycles.